The predicted octanol–water partition coefficient (Wildman–Crippen LogP) is -0.265. The minimum Gasteiger partial charge on any atom is -0.395 e. The van der Waals surface area contributed by atoms with Crippen LogP contribution in [-0.2, 0) is 0 Å². The van der Waals surface area contributed by atoms with Gasteiger partial charge in [0.25, 0.3) is 5.92 Å². The van der Waals surface area contributed by atoms with E-state index < -0.39 is 12.0 Å². The lowest BCUT2D eigenvalue weighted by molar-refractivity contribution is -0.0121. The number of hydrogen-bond acceptors (Lipinski definition) is 5. The first-order valence-electron chi connectivity index (χ1n) is 7.40. The lowest BCUT2D eigenvalue weighted by atomic mass is 9.87. The van der Waals surface area contributed by atoms with E-state index in [1.807, 2.05) is 0 Å². The highest BCUT2D eigenvalue weighted by atomic mass is 19.3. The number of likely N-dealkylation sites (tertiary alicyclic amines) is 1. The van der Waals surface area contributed by atoms with E-state index >= 15 is 0 Å². The molecule has 0 aromatic carbocycles. The Balaban J connectivity index is 1.81. The number of nitrogens with one attached hydrogen (secondary N) is 3. The smallest absolute Gasteiger partial charge is 0.262 e. The Morgan fingerprint density at radius 3 is 2.75 bits per heavy atom. The molecule has 6 unspecified atom stereocenters. The zero-order chi connectivity index (χ0) is 14.5. The zero-order valence-electron chi connectivity index (χ0n) is 11.9. The molecule has 4 N–H and O–H groups in total. The second-order valence-electron chi connectivity index (χ2n) is 6.47. The Bertz CT molecular complexity index is 370. The van der Waals surface area contributed by atoms with Crippen molar-refractivity contribution in [2.24, 2.45) is 11.8 Å². The van der Waals surface area contributed by atoms with Crippen LogP contribution in [0.1, 0.15) is 20.3 Å². The summed E-state index contributed by atoms with van der Waals surface area (Å²) in [6.07, 6.45) is -0.205. The van der Waals surface area contributed by atoms with Crippen LogP contribution in [0.25, 0.3) is 0 Å². The van der Waals surface area contributed by atoms with Crippen LogP contribution in [0.3, 0.4) is 0 Å². The molecule has 3 rings (SSSR count). The Labute approximate surface area is 118 Å². The summed E-state index contributed by atoms with van der Waals surface area (Å²) in [4.78, 5) is 1.77. The van der Waals surface area contributed by atoms with Gasteiger partial charge in [0, 0.05) is 31.1 Å². The van der Waals surface area contributed by atoms with Gasteiger partial charge in [-0.2, -0.15) is 0 Å². The van der Waals surface area contributed by atoms with Crippen LogP contribution in [0.4, 0.5) is 8.78 Å². The third-order valence-electron chi connectivity index (χ3n) is 5.21. The van der Waals surface area contributed by atoms with Crippen LogP contribution >= 0.6 is 0 Å². The molecular formula is C13H24F2N4O. The van der Waals surface area contributed by atoms with Crippen LogP contribution in [0.15, 0.2) is 0 Å². The number of rotatable bonds is 2. The largest absolute Gasteiger partial charge is 0.395 e. The maximum absolute atomic E-state index is 13.7. The molecule has 0 amide bonds. The molecule has 3 saturated heterocycles. The molecule has 0 saturated carbocycles. The van der Waals surface area contributed by atoms with Crippen LogP contribution < -0.4 is 16.0 Å². The van der Waals surface area contributed by atoms with Crippen molar-refractivity contribution in [1.82, 2.24) is 20.9 Å². The number of aliphatic hydroxyl groups is 1. The lowest BCUT2D eigenvalue weighted by Crippen LogP contribution is -2.66. The molecule has 0 aliphatic carbocycles. The van der Waals surface area contributed by atoms with Crippen molar-refractivity contribution in [1.29, 1.82) is 0 Å². The number of fused-ring (bicyclic) bond motifs is 1. The van der Waals surface area contributed by atoms with Crippen LogP contribution in [0.2, 0.25) is 0 Å². The van der Waals surface area contributed by atoms with E-state index in [9.17, 15) is 13.9 Å². The molecule has 3 heterocycles. The fraction of sp³-hybridized carbons (Fsp3) is 1.00. The highest BCUT2D eigenvalue weighted by Gasteiger charge is 2.53. The summed E-state index contributed by atoms with van der Waals surface area (Å²) >= 11 is 0. The maximum Gasteiger partial charge on any atom is 0.262 e. The summed E-state index contributed by atoms with van der Waals surface area (Å²) in [7, 11) is 0. The van der Waals surface area contributed by atoms with Crippen LogP contribution in [0.5, 0.6) is 0 Å². The summed E-state index contributed by atoms with van der Waals surface area (Å²) in [5.74, 6) is -2.09. The second-order valence-corrected chi connectivity index (χ2v) is 6.47. The highest BCUT2D eigenvalue weighted by molar-refractivity contribution is 5.03. The van der Waals surface area contributed by atoms with Gasteiger partial charge in [-0.3, -0.25) is 20.9 Å². The summed E-state index contributed by atoms with van der Waals surface area (Å²) in [6.45, 7) is 4.41. The zero-order valence-corrected chi connectivity index (χ0v) is 11.9. The van der Waals surface area contributed by atoms with Gasteiger partial charge in [0.1, 0.15) is 0 Å². The van der Waals surface area contributed by atoms with Crippen molar-refractivity contribution in [2.75, 3.05) is 19.8 Å². The van der Waals surface area contributed by atoms with Crippen LogP contribution in [0, 0.1) is 11.8 Å². The standard InChI is InChI=1S/C13H24F2N4O/c1-7-8(2)18-11-10(7)12(17-6-16-11)19-5-13(14,15)3-9(19)4-20/h7-12,16-18,20H,3-6H2,1-2H3. The van der Waals surface area contributed by atoms with Gasteiger partial charge in [-0.15, -0.1) is 0 Å². The normalized spacial score (nSPS) is 48.5. The topological polar surface area (TPSA) is 59.6 Å². The highest BCUT2D eigenvalue weighted by Crippen LogP contribution is 2.38. The third-order valence-corrected chi connectivity index (χ3v) is 5.21. The van der Waals surface area contributed by atoms with E-state index in [2.05, 4.69) is 29.8 Å². The van der Waals surface area contributed by atoms with Crippen molar-refractivity contribution in [3.8, 4) is 0 Å². The number of aliphatic hydroxyl groups excluding tert-OH is 1. The summed E-state index contributed by atoms with van der Waals surface area (Å²) < 4.78 is 27.4. The molecular weight excluding hydrogens is 266 g/mol. The quantitative estimate of drug-likeness (QED) is 0.564. The maximum atomic E-state index is 13.7. The third kappa shape index (κ3) is 2.35. The molecule has 116 valence electrons. The minimum absolute atomic E-state index is 0.112. The van der Waals surface area contributed by atoms with Gasteiger partial charge in [-0.25, -0.2) is 8.78 Å². The Kier molecular flexibility index (Phi) is 3.75. The van der Waals surface area contributed by atoms with E-state index in [0.29, 0.717) is 18.6 Å². The molecule has 3 fully saturated rings. The van der Waals surface area contributed by atoms with E-state index in [4.69, 9.17) is 0 Å². The van der Waals surface area contributed by atoms with E-state index in [1.165, 1.54) is 0 Å². The SMILES string of the molecule is CC1NC2NCNC(N3CC(F)(F)CC3CO)C2C1C. The first kappa shape index (κ1) is 14.6. The average Bonchev–Trinajstić information content (AvgIpc) is 2.87. The van der Waals surface area contributed by atoms with Gasteiger partial charge in [0.2, 0.25) is 0 Å². The monoisotopic (exact) mass is 290 g/mol. The van der Waals surface area contributed by atoms with Crippen molar-refractivity contribution < 1.29 is 13.9 Å². The van der Waals surface area contributed by atoms with Crippen molar-refractivity contribution in [3.05, 3.63) is 0 Å². The fourth-order valence-corrected chi connectivity index (χ4v) is 4.01. The van der Waals surface area contributed by atoms with Crippen molar-refractivity contribution in [3.63, 3.8) is 0 Å². The summed E-state index contributed by atoms with van der Waals surface area (Å²) in [6, 6.07) is -0.0973. The Hall–Kier alpha value is -0.340. The fourth-order valence-electron chi connectivity index (χ4n) is 4.01. The lowest BCUT2D eigenvalue weighted by Gasteiger charge is -2.43. The molecule has 0 aromatic rings. The molecule has 0 spiro atoms. The molecule has 0 bridgehead atoms. The molecule has 0 aromatic heterocycles. The molecule has 3 aliphatic heterocycles. The van der Waals surface area contributed by atoms with Gasteiger partial charge in [-0.05, 0) is 12.8 Å². The van der Waals surface area contributed by atoms with Gasteiger partial charge in [0.15, 0.2) is 0 Å². The molecule has 0 radical (unpaired) electrons. The predicted molar refractivity (Wildman–Crippen MR) is 71.1 cm³/mol. The molecule has 6 atom stereocenters. The Morgan fingerprint density at radius 1 is 1.30 bits per heavy atom. The van der Waals surface area contributed by atoms with E-state index in [0.717, 1.165) is 0 Å². The average molecular weight is 290 g/mol. The number of nitrogens with zero attached hydrogens (tertiary/aromatic N) is 1. The molecule has 7 heteroatoms. The minimum atomic E-state index is -2.70. The van der Waals surface area contributed by atoms with E-state index in [1.54, 1.807) is 4.90 Å². The molecule has 5 nitrogen and oxygen atoms in total. The number of hydrogen-bond donors (Lipinski definition) is 4. The second kappa shape index (κ2) is 5.14. The van der Waals surface area contributed by atoms with Gasteiger partial charge in [-0.1, -0.05) is 6.92 Å². The van der Waals surface area contributed by atoms with Gasteiger partial charge in [0.05, 0.1) is 25.5 Å². The number of halogens is 2. The van der Waals surface area contributed by atoms with Gasteiger partial charge < -0.3 is 5.11 Å². The van der Waals surface area contributed by atoms with Gasteiger partial charge >= 0.3 is 0 Å². The first-order chi connectivity index (χ1) is 9.43. The van der Waals surface area contributed by atoms with E-state index in [-0.39, 0.29) is 37.8 Å². The number of alkyl halides is 2. The summed E-state index contributed by atoms with van der Waals surface area (Å²) in [5, 5.41) is 19.6. The Morgan fingerprint density at radius 2 is 2.05 bits per heavy atom. The molecule has 20 heavy (non-hydrogen) atoms. The van der Waals surface area contributed by atoms with Crippen molar-refractivity contribution in [2.45, 2.75) is 50.6 Å². The summed E-state index contributed by atoms with van der Waals surface area (Å²) in [5.41, 5.74) is 0. The van der Waals surface area contributed by atoms with Crippen molar-refractivity contribution >= 4 is 0 Å². The first-order valence-corrected chi connectivity index (χ1v) is 7.40. The molecule has 3 aliphatic rings. The van der Waals surface area contributed by atoms with Crippen LogP contribution in [-0.4, -0.2) is 60.2 Å².